The van der Waals surface area contributed by atoms with E-state index in [1.54, 1.807) is 13.0 Å². The van der Waals surface area contributed by atoms with Crippen molar-refractivity contribution in [3.05, 3.63) is 28.8 Å². The Morgan fingerprint density at radius 3 is 2.90 bits per heavy atom. The number of terminal acetylenes is 1. The summed E-state index contributed by atoms with van der Waals surface area (Å²) in [5.74, 6) is 2.56. The minimum absolute atomic E-state index is 0.183. The zero-order valence-corrected chi connectivity index (χ0v) is 13.2. The van der Waals surface area contributed by atoms with Crippen LogP contribution in [0.4, 0.5) is 0 Å². The third kappa shape index (κ3) is 6.07. The molecule has 1 unspecified atom stereocenters. The molecule has 1 aromatic carbocycles. The van der Waals surface area contributed by atoms with Crippen molar-refractivity contribution in [2.75, 3.05) is 13.1 Å². The summed E-state index contributed by atoms with van der Waals surface area (Å²) < 4.78 is 5.55. The van der Waals surface area contributed by atoms with E-state index in [-0.39, 0.29) is 12.5 Å². The molecule has 0 saturated heterocycles. The normalized spacial score (nSPS) is 11.5. The Balaban J connectivity index is 2.59. The van der Waals surface area contributed by atoms with Crippen LogP contribution < -0.4 is 15.4 Å². The zero-order chi connectivity index (χ0) is 15.7. The molecular formula is C16H21ClN2O2. The lowest BCUT2D eigenvalue weighted by Crippen LogP contribution is -2.36. The summed E-state index contributed by atoms with van der Waals surface area (Å²) in [5.41, 5.74) is 1.07. The number of ether oxygens (including phenoxy) is 1. The molecule has 0 spiro atoms. The lowest BCUT2D eigenvalue weighted by Gasteiger charge is -2.15. The monoisotopic (exact) mass is 308 g/mol. The van der Waals surface area contributed by atoms with Gasteiger partial charge in [0.2, 0.25) is 0 Å². The third-order valence-electron chi connectivity index (χ3n) is 2.79. The smallest absolute Gasteiger partial charge is 0.261 e. The standard InChI is InChI=1S/C16H21ClN2O2/c1-4-8-18-11-13-6-7-15(14(17)10-13)21-12(3)16(20)19-9-5-2/h2,6-7,10,12,18H,4,8-9,11H2,1,3H3,(H,19,20). The highest BCUT2D eigenvalue weighted by Gasteiger charge is 2.15. The molecule has 114 valence electrons. The van der Waals surface area contributed by atoms with Crippen LogP contribution in [0.5, 0.6) is 5.75 Å². The number of hydrogen-bond acceptors (Lipinski definition) is 3. The molecule has 0 radical (unpaired) electrons. The van der Waals surface area contributed by atoms with Crippen LogP contribution in [0.1, 0.15) is 25.8 Å². The quantitative estimate of drug-likeness (QED) is 0.572. The summed E-state index contributed by atoms with van der Waals surface area (Å²) in [7, 11) is 0. The van der Waals surface area contributed by atoms with Gasteiger partial charge in [-0.05, 0) is 37.6 Å². The Hall–Kier alpha value is -1.70. The van der Waals surface area contributed by atoms with E-state index in [0.717, 1.165) is 25.1 Å². The first-order valence-corrected chi connectivity index (χ1v) is 7.33. The average molecular weight is 309 g/mol. The Kier molecular flexibility index (Phi) is 7.66. The van der Waals surface area contributed by atoms with Crippen LogP contribution in [0, 0.1) is 12.3 Å². The third-order valence-corrected chi connectivity index (χ3v) is 3.09. The number of carbonyl (C=O) groups excluding carboxylic acids is 1. The number of hydrogen-bond donors (Lipinski definition) is 2. The number of rotatable bonds is 8. The summed E-state index contributed by atoms with van der Waals surface area (Å²) in [5, 5.41) is 6.35. The topological polar surface area (TPSA) is 50.4 Å². The molecule has 0 aromatic heterocycles. The molecule has 1 aromatic rings. The molecule has 0 aliphatic rings. The van der Waals surface area contributed by atoms with Crippen molar-refractivity contribution in [2.24, 2.45) is 0 Å². The van der Waals surface area contributed by atoms with Crippen LogP contribution in [-0.2, 0) is 11.3 Å². The molecule has 4 nitrogen and oxygen atoms in total. The highest BCUT2D eigenvalue weighted by molar-refractivity contribution is 6.32. The second-order valence-electron chi connectivity index (χ2n) is 4.62. The minimum atomic E-state index is -0.653. The van der Waals surface area contributed by atoms with E-state index in [9.17, 15) is 4.79 Å². The SMILES string of the molecule is C#CCNC(=O)C(C)Oc1ccc(CNCCC)cc1Cl. The Labute approximate surface area is 131 Å². The van der Waals surface area contributed by atoms with Gasteiger partial charge in [-0.3, -0.25) is 4.79 Å². The molecule has 0 aliphatic heterocycles. The van der Waals surface area contributed by atoms with Gasteiger partial charge in [-0.15, -0.1) is 6.42 Å². The van der Waals surface area contributed by atoms with Crippen LogP contribution in [0.25, 0.3) is 0 Å². The molecule has 1 atom stereocenters. The summed E-state index contributed by atoms with van der Waals surface area (Å²) in [6.45, 7) is 5.67. The molecule has 21 heavy (non-hydrogen) atoms. The van der Waals surface area contributed by atoms with Gasteiger partial charge >= 0.3 is 0 Å². The van der Waals surface area contributed by atoms with Crippen LogP contribution in [-0.4, -0.2) is 25.1 Å². The largest absolute Gasteiger partial charge is 0.479 e. The predicted molar refractivity (Wildman–Crippen MR) is 85.4 cm³/mol. The maximum Gasteiger partial charge on any atom is 0.261 e. The molecule has 2 N–H and O–H groups in total. The van der Waals surface area contributed by atoms with E-state index in [0.29, 0.717) is 10.8 Å². The van der Waals surface area contributed by atoms with Crippen molar-refractivity contribution in [1.82, 2.24) is 10.6 Å². The van der Waals surface area contributed by atoms with Crippen molar-refractivity contribution in [3.8, 4) is 18.1 Å². The highest BCUT2D eigenvalue weighted by Crippen LogP contribution is 2.26. The lowest BCUT2D eigenvalue weighted by atomic mass is 10.2. The first kappa shape index (κ1) is 17.4. The molecule has 1 rings (SSSR count). The molecule has 0 aliphatic carbocycles. The summed E-state index contributed by atoms with van der Waals surface area (Å²) in [4.78, 5) is 11.7. The summed E-state index contributed by atoms with van der Waals surface area (Å²) in [6.07, 6.45) is 5.52. The molecular weight excluding hydrogens is 288 g/mol. The minimum Gasteiger partial charge on any atom is -0.479 e. The first-order valence-electron chi connectivity index (χ1n) is 6.95. The number of nitrogens with one attached hydrogen (secondary N) is 2. The van der Waals surface area contributed by atoms with Crippen LogP contribution in [0.2, 0.25) is 5.02 Å². The van der Waals surface area contributed by atoms with Crippen molar-refractivity contribution < 1.29 is 9.53 Å². The molecule has 0 fully saturated rings. The van der Waals surface area contributed by atoms with Crippen LogP contribution >= 0.6 is 11.6 Å². The van der Waals surface area contributed by atoms with Gasteiger partial charge in [-0.1, -0.05) is 30.5 Å². The van der Waals surface area contributed by atoms with E-state index >= 15 is 0 Å². The van der Waals surface area contributed by atoms with Crippen molar-refractivity contribution in [1.29, 1.82) is 0 Å². The fourth-order valence-electron chi connectivity index (χ4n) is 1.69. The van der Waals surface area contributed by atoms with Crippen molar-refractivity contribution in [2.45, 2.75) is 32.9 Å². The molecule has 0 saturated carbocycles. The lowest BCUT2D eigenvalue weighted by molar-refractivity contribution is -0.126. The Bertz CT molecular complexity index is 511. The number of amides is 1. The van der Waals surface area contributed by atoms with E-state index in [1.807, 2.05) is 12.1 Å². The van der Waals surface area contributed by atoms with E-state index in [2.05, 4.69) is 23.5 Å². The first-order chi connectivity index (χ1) is 10.1. The fraction of sp³-hybridized carbons (Fsp3) is 0.438. The van der Waals surface area contributed by atoms with Crippen LogP contribution in [0.15, 0.2) is 18.2 Å². The maximum atomic E-state index is 11.7. The van der Waals surface area contributed by atoms with Gasteiger partial charge in [0.05, 0.1) is 11.6 Å². The van der Waals surface area contributed by atoms with Crippen molar-refractivity contribution >= 4 is 17.5 Å². The van der Waals surface area contributed by atoms with Gasteiger partial charge in [0.1, 0.15) is 5.75 Å². The zero-order valence-electron chi connectivity index (χ0n) is 12.4. The predicted octanol–water partition coefficient (Wildman–Crippen LogP) is 2.36. The second kappa shape index (κ2) is 9.28. The number of carbonyl (C=O) groups is 1. The summed E-state index contributed by atoms with van der Waals surface area (Å²) >= 11 is 6.18. The summed E-state index contributed by atoms with van der Waals surface area (Å²) in [6, 6.07) is 5.54. The van der Waals surface area contributed by atoms with Crippen LogP contribution in [0.3, 0.4) is 0 Å². The van der Waals surface area contributed by atoms with Gasteiger partial charge in [0, 0.05) is 6.54 Å². The molecule has 0 bridgehead atoms. The van der Waals surface area contributed by atoms with Gasteiger partial charge in [0.25, 0.3) is 5.91 Å². The molecule has 5 heteroatoms. The second-order valence-corrected chi connectivity index (χ2v) is 5.03. The number of halogens is 1. The van der Waals surface area contributed by atoms with E-state index in [1.165, 1.54) is 0 Å². The van der Waals surface area contributed by atoms with Gasteiger partial charge in [-0.2, -0.15) is 0 Å². The Morgan fingerprint density at radius 1 is 1.52 bits per heavy atom. The van der Waals surface area contributed by atoms with E-state index in [4.69, 9.17) is 22.8 Å². The van der Waals surface area contributed by atoms with E-state index < -0.39 is 6.10 Å². The maximum absolute atomic E-state index is 11.7. The van der Waals surface area contributed by atoms with Crippen molar-refractivity contribution in [3.63, 3.8) is 0 Å². The highest BCUT2D eigenvalue weighted by atomic mass is 35.5. The Morgan fingerprint density at radius 2 is 2.29 bits per heavy atom. The molecule has 0 heterocycles. The van der Waals surface area contributed by atoms with Gasteiger partial charge in [-0.25, -0.2) is 0 Å². The fourth-order valence-corrected chi connectivity index (χ4v) is 1.93. The van der Waals surface area contributed by atoms with Gasteiger partial charge < -0.3 is 15.4 Å². The molecule has 1 amide bonds. The number of benzene rings is 1. The van der Waals surface area contributed by atoms with Gasteiger partial charge in [0.15, 0.2) is 6.10 Å². The average Bonchev–Trinajstić information content (AvgIpc) is 2.47.